The van der Waals surface area contributed by atoms with Crippen LogP contribution in [0.2, 0.25) is 0 Å². The molecule has 0 fully saturated rings. The summed E-state index contributed by atoms with van der Waals surface area (Å²) >= 11 is 0. The van der Waals surface area contributed by atoms with Crippen molar-refractivity contribution in [3.05, 3.63) is 0 Å². The van der Waals surface area contributed by atoms with Crippen molar-refractivity contribution in [2.75, 3.05) is 0 Å². The SMILES string of the molecule is O.O.O.O=C(O)[C@H](O)[C@@H](O)C(=O)O.[Cu]. The zero-order valence-electron chi connectivity index (χ0n) is 6.56. The van der Waals surface area contributed by atoms with Crippen molar-refractivity contribution in [2.24, 2.45) is 0 Å². The summed E-state index contributed by atoms with van der Waals surface area (Å²) in [5.74, 6) is -3.54. The maximum atomic E-state index is 9.77. The minimum Gasteiger partial charge on any atom is -0.479 e. The molecule has 1 radical (unpaired) electrons. The Morgan fingerprint density at radius 3 is 1.00 bits per heavy atom. The molecule has 10 N–H and O–H groups in total. The fourth-order valence-electron chi connectivity index (χ4n) is 0.270. The van der Waals surface area contributed by atoms with Crippen molar-refractivity contribution < 1.29 is 63.5 Å². The second kappa shape index (κ2) is 12.3. The molecule has 93 valence electrons. The molecule has 0 aliphatic heterocycles. The number of aliphatic hydroxyl groups excluding tert-OH is 2. The first-order chi connectivity index (χ1) is 4.46. The molecule has 2 atom stereocenters. The van der Waals surface area contributed by atoms with Gasteiger partial charge in [0.2, 0.25) is 0 Å². The summed E-state index contributed by atoms with van der Waals surface area (Å²) in [5.41, 5.74) is 0. The van der Waals surface area contributed by atoms with Crippen molar-refractivity contribution in [1.29, 1.82) is 0 Å². The van der Waals surface area contributed by atoms with Gasteiger partial charge in [0, 0.05) is 17.1 Å². The van der Waals surface area contributed by atoms with Crippen LogP contribution in [0, 0.1) is 0 Å². The quantitative estimate of drug-likeness (QED) is 0.369. The van der Waals surface area contributed by atoms with E-state index in [9.17, 15) is 9.59 Å². The summed E-state index contributed by atoms with van der Waals surface area (Å²) < 4.78 is 0. The number of aliphatic hydroxyl groups is 2. The molecule has 0 amide bonds. The van der Waals surface area contributed by atoms with E-state index < -0.39 is 24.1 Å². The maximum Gasteiger partial charge on any atom is 0.335 e. The van der Waals surface area contributed by atoms with Crippen LogP contribution >= 0.6 is 0 Å². The van der Waals surface area contributed by atoms with Gasteiger partial charge >= 0.3 is 11.9 Å². The first-order valence-corrected chi connectivity index (χ1v) is 2.28. The third-order valence-corrected chi connectivity index (χ3v) is 0.805. The zero-order valence-corrected chi connectivity index (χ0v) is 7.50. The minimum atomic E-state index is -2.27. The monoisotopic (exact) mass is 267 g/mol. The van der Waals surface area contributed by atoms with E-state index in [1.807, 2.05) is 0 Å². The van der Waals surface area contributed by atoms with E-state index in [0.29, 0.717) is 0 Å². The molecule has 0 heterocycles. The Morgan fingerprint density at radius 1 is 0.786 bits per heavy atom. The van der Waals surface area contributed by atoms with Crippen LogP contribution in [-0.4, -0.2) is 61.0 Å². The Hall–Kier alpha value is -0.741. The summed E-state index contributed by atoms with van der Waals surface area (Å²) in [6.45, 7) is 0. The van der Waals surface area contributed by atoms with Crippen molar-refractivity contribution in [2.45, 2.75) is 12.2 Å². The Balaban J connectivity index is -0.0000000675. The summed E-state index contributed by atoms with van der Waals surface area (Å²) in [6, 6.07) is 0. The van der Waals surface area contributed by atoms with Gasteiger partial charge in [-0.1, -0.05) is 0 Å². The first kappa shape index (κ1) is 29.2. The predicted molar refractivity (Wildman–Crippen MR) is 38.1 cm³/mol. The van der Waals surface area contributed by atoms with E-state index in [2.05, 4.69) is 0 Å². The van der Waals surface area contributed by atoms with E-state index in [0.717, 1.165) is 0 Å². The van der Waals surface area contributed by atoms with E-state index >= 15 is 0 Å². The van der Waals surface area contributed by atoms with Crippen LogP contribution in [0.5, 0.6) is 0 Å². The molecule has 0 unspecified atom stereocenters. The molecule has 0 rings (SSSR count). The second-order valence-corrected chi connectivity index (χ2v) is 1.57. The molecule has 0 saturated carbocycles. The molecule has 14 heavy (non-hydrogen) atoms. The zero-order chi connectivity index (χ0) is 8.31. The Labute approximate surface area is 88.4 Å². The van der Waals surface area contributed by atoms with Gasteiger partial charge in [0.15, 0.2) is 12.2 Å². The van der Waals surface area contributed by atoms with Gasteiger partial charge in [0.05, 0.1) is 0 Å². The molecule has 10 heteroatoms. The topological polar surface area (TPSA) is 210 Å². The Bertz CT molecular complexity index is 141. The Kier molecular flexibility index (Phi) is 25.6. The molecule has 0 aromatic heterocycles. The van der Waals surface area contributed by atoms with Gasteiger partial charge < -0.3 is 36.9 Å². The smallest absolute Gasteiger partial charge is 0.335 e. The van der Waals surface area contributed by atoms with E-state index in [4.69, 9.17) is 20.4 Å². The molecule has 0 bridgehead atoms. The normalized spacial score (nSPS) is 11.3. The average Bonchev–Trinajstić information content (AvgIpc) is 1.84. The van der Waals surface area contributed by atoms with Gasteiger partial charge in [0.25, 0.3) is 0 Å². The average molecular weight is 268 g/mol. The van der Waals surface area contributed by atoms with E-state index in [1.54, 1.807) is 0 Å². The predicted octanol–water partition coefficient (Wildman–Crippen LogP) is -4.60. The van der Waals surface area contributed by atoms with Gasteiger partial charge in [-0.2, -0.15) is 0 Å². The van der Waals surface area contributed by atoms with Crippen LogP contribution in [0.15, 0.2) is 0 Å². The van der Waals surface area contributed by atoms with Crippen molar-refractivity contribution in [3.63, 3.8) is 0 Å². The minimum absolute atomic E-state index is 0. The van der Waals surface area contributed by atoms with Gasteiger partial charge in [-0.25, -0.2) is 9.59 Å². The Morgan fingerprint density at radius 2 is 0.929 bits per heavy atom. The molecule has 0 aromatic rings. The molecule has 0 aliphatic rings. The fourth-order valence-corrected chi connectivity index (χ4v) is 0.270. The number of hydrogen-bond acceptors (Lipinski definition) is 4. The number of rotatable bonds is 3. The second-order valence-electron chi connectivity index (χ2n) is 1.57. The molecular formula is C4H12CuO9. The first-order valence-electron chi connectivity index (χ1n) is 2.28. The van der Waals surface area contributed by atoms with Crippen LogP contribution in [0.1, 0.15) is 0 Å². The standard InChI is InChI=1S/C4H6O6.Cu.3H2O/c5-1(3(7)8)2(6)4(9)10;;;;/h1-2,5-6H,(H,7,8)(H,9,10);;3*1H2/t1-,2-;;;;/m1..../s1. The van der Waals surface area contributed by atoms with Crippen molar-refractivity contribution in [1.82, 2.24) is 0 Å². The third kappa shape index (κ3) is 9.35. The van der Waals surface area contributed by atoms with E-state index in [-0.39, 0.29) is 33.5 Å². The molecule has 0 spiro atoms. The molecule has 9 nitrogen and oxygen atoms in total. The fraction of sp³-hybridized carbons (Fsp3) is 0.500. The summed E-state index contributed by atoms with van der Waals surface area (Å²) in [6.07, 6.45) is -4.53. The molecule has 0 saturated heterocycles. The van der Waals surface area contributed by atoms with Crippen molar-refractivity contribution in [3.8, 4) is 0 Å². The van der Waals surface area contributed by atoms with Gasteiger partial charge in [0.1, 0.15) is 0 Å². The molecular weight excluding hydrogens is 256 g/mol. The van der Waals surface area contributed by atoms with Crippen LogP contribution < -0.4 is 0 Å². The largest absolute Gasteiger partial charge is 0.479 e. The van der Waals surface area contributed by atoms with Gasteiger partial charge in [-0.3, -0.25) is 0 Å². The van der Waals surface area contributed by atoms with E-state index in [1.165, 1.54) is 0 Å². The number of hydrogen-bond donors (Lipinski definition) is 4. The van der Waals surface area contributed by atoms with Crippen LogP contribution in [0.25, 0.3) is 0 Å². The number of carbonyl (C=O) groups is 2. The third-order valence-electron chi connectivity index (χ3n) is 0.805. The van der Waals surface area contributed by atoms with Crippen LogP contribution in [-0.2, 0) is 26.7 Å². The number of carboxylic acids is 2. The van der Waals surface area contributed by atoms with Gasteiger partial charge in [-0.05, 0) is 0 Å². The molecule has 0 aromatic carbocycles. The number of carboxylic acid groups (broad SMARTS) is 2. The van der Waals surface area contributed by atoms with Gasteiger partial charge in [-0.15, -0.1) is 0 Å². The van der Waals surface area contributed by atoms with Crippen LogP contribution in [0.3, 0.4) is 0 Å². The maximum absolute atomic E-state index is 9.77. The van der Waals surface area contributed by atoms with Crippen molar-refractivity contribution >= 4 is 11.9 Å². The molecule has 0 aliphatic carbocycles. The summed E-state index contributed by atoms with van der Waals surface area (Å²) in [7, 11) is 0. The van der Waals surface area contributed by atoms with Crippen LogP contribution in [0.4, 0.5) is 0 Å². The number of aliphatic carboxylic acids is 2. The summed E-state index contributed by atoms with van der Waals surface area (Å²) in [4.78, 5) is 19.5. The summed E-state index contributed by atoms with van der Waals surface area (Å²) in [5, 5.41) is 32.5.